The molecule has 0 aromatic carbocycles. The number of nitrogen functional groups attached to an aromatic ring is 1. The molecule has 6 nitrogen and oxygen atoms in total. The van der Waals surface area contributed by atoms with Crippen LogP contribution >= 0.6 is 0 Å². The summed E-state index contributed by atoms with van der Waals surface area (Å²) in [6.45, 7) is 1.48. The fourth-order valence-corrected chi connectivity index (χ4v) is 1.00. The summed E-state index contributed by atoms with van der Waals surface area (Å²) >= 11 is 0. The minimum atomic E-state index is -0.850. The lowest BCUT2D eigenvalue weighted by Gasteiger charge is -2.10. The molecular weight excluding hydrogens is 210 g/mol. The lowest BCUT2D eigenvalue weighted by atomic mass is 10.3. The highest BCUT2D eigenvalue weighted by molar-refractivity contribution is 5.90. The number of pyridine rings is 1. The first-order chi connectivity index (χ1) is 7.54. The quantitative estimate of drug-likeness (QED) is 0.701. The van der Waals surface area contributed by atoms with Gasteiger partial charge < -0.3 is 15.8 Å². The van der Waals surface area contributed by atoms with Gasteiger partial charge in [-0.25, -0.2) is 9.78 Å². The van der Waals surface area contributed by atoms with Crippen molar-refractivity contribution in [3.8, 4) is 0 Å². The maximum Gasteiger partial charge on any atom is 0.357 e. The Hall–Kier alpha value is -2.11. The fourth-order valence-electron chi connectivity index (χ4n) is 1.00. The number of aromatic nitrogens is 1. The Bertz CT molecular complexity index is 389. The van der Waals surface area contributed by atoms with E-state index in [1.165, 1.54) is 32.3 Å². The van der Waals surface area contributed by atoms with E-state index in [2.05, 4.69) is 10.3 Å². The van der Waals surface area contributed by atoms with Crippen LogP contribution in [0.3, 0.4) is 0 Å². The monoisotopic (exact) mass is 223 g/mol. The topological polar surface area (TPSA) is 94.3 Å². The highest BCUT2D eigenvalue weighted by Crippen LogP contribution is 2.04. The normalized spacial score (nSPS) is 11.6. The van der Waals surface area contributed by atoms with E-state index in [1.807, 2.05) is 0 Å². The molecule has 1 aromatic rings. The Morgan fingerprint density at radius 2 is 2.19 bits per heavy atom. The number of nitrogens with zero attached hydrogens (tertiary/aromatic N) is 1. The second-order valence-corrected chi connectivity index (χ2v) is 3.14. The highest BCUT2D eigenvalue weighted by atomic mass is 16.5. The molecule has 86 valence electrons. The van der Waals surface area contributed by atoms with Crippen LogP contribution in [0.4, 0.5) is 5.69 Å². The summed E-state index contributed by atoms with van der Waals surface area (Å²) in [5.41, 5.74) is 5.99. The van der Waals surface area contributed by atoms with Crippen LogP contribution in [0.2, 0.25) is 0 Å². The molecule has 1 atom stereocenters. The summed E-state index contributed by atoms with van der Waals surface area (Å²) in [6.07, 6.45) is 0.498. The van der Waals surface area contributed by atoms with Crippen LogP contribution in [0.15, 0.2) is 18.3 Å². The number of esters is 1. The largest absolute Gasteiger partial charge is 0.448 e. The Labute approximate surface area is 92.8 Å². The second kappa shape index (κ2) is 5.11. The van der Waals surface area contributed by atoms with Gasteiger partial charge >= 0.3 is 5.97 Å². The predicted molar refractivity (Wildman–Crippen MR) is 57.6 cm³/mol. The number of ether oxygens (including phenoxy) is 1. The Morgan fingerprint density at radius 3 is 2.69 bits per heavy atom. The standard InChI is InChI=1S/C10H13N3O3/c1-6(9(14)12-2)16-10(15)8-4-3-7(11)5-13-8/h3-6H,11H2,1-2H3,(H,12,14). The molecule has 1 unspecified atom stereocenters. The van der Waals surface area contributed by atoms with Crippen LogP contribution in [-0.4, -0.2) is 30.0 Å². The minimum absolute atomic E-state index is 0.116. The SMILES string of the molecule is CNC(=O)C(C)OC(=O)c1ccc(N)cn1. The smallest absolute Gasteiger partial charge is 0.357 e. The van der Waals surface area contributed by atoms with Crippen molar-refractivity contribution < 1.29 is 14.3 Å². The van der Waals surface area contributed by atoms with Gasteiger partial charge in [-0.1, -0.05) is 0 Å². The summed E-state index contributed by atoms with van der Waals surface area (Å²) in [5, 5.41) is 2.37. The van der Waals surface area contributed by atoms with Crippen LogP contribution in [0, 0.1) is 0 Å². The summed E-state index contributed by atoms with van der Waals surface area (Å²) in [5.74, 6) is -1.03. The van der Waals surface area contributed by atoms with Crippen molar-refractivity contribution in [2.24, 2.45) is 0 Å². The zero-order chi connectivity index (χ0) is 12.1. The number of rotatable bonds is 3. The molecule has 1 heterocycles. The van der Waals surface area contributed by atoms with Crippen molar-refractivity contribution in [2.75, 3.05) is 12.8 Å². The lowest BCUT2D eigenvalue weighted by molar-refractivity contribution is -0.128. The van der Waals surface area contributed by atoms with E-state index in [9.17, 15) is 9.59 Å². The minimum Gasteiger partial charge on any atom is -0.448 e. The van der Waals surface area contributed by atoms with Gasteiger partial charge in [0.05, 0.1) is 11.9 Å². The zero-order valence-electron chi connectivity index (χ0n) is 9.06. The average molecular weight is 223 g/mol. The molecule has 0 aliphatic rings. The summed E-state index contributed by atoms with van der Waals surface area (Å²) in [4.78, 5) is 26.4. The third-order valence-corrected chi connectivity index (χ3v) is 1.89. The number of likely N-dealkylation sites (N-methyl/N-ethyl adjacent to an activating group) is 1. The molecule has 1 rings (SSSR count). The van der Waals surface area contributed by atoms with Crippen LogP contribution in [-0.2, 0) is 9.53 Å². The molecule has 0 saturated carbocycles. The molecule has 0 bridgehead atoms. The molecule has 0 spiro atoms. The third kappa shape index (κ3) is 2.94. The zero-order valence-corrected chi connectivity index (χ0v) is 9.06. The van der Waals surface area contributed by atoms with Crippen LogP contribution in [0.25, 0.3) is 0 Å². The maximum absolute atomic E-state index is 11.5. The first kappa shape index (κ1) is 12.0. The fraction of sp³-hybridized carbons (Fsp3) is 0.300. The number of amides is 1. The number of nitrogens with one attached hydrogen (secondary N) is 1. The molecule has 0 aliphatic carbocycles. The first-order valence-corrected chi connectivity index (χ1v) is 4.68. The number of hydrogen-bond acceptors (Lipinski definition) is 5. The van der Waals surface area contributed by atoms with Crippen molar-refractivity contribution in [3.63, 3.8) is 0 Å². The predicted octanol–water partition coefficient (Wildman–Crippen LogP) is -0.0449. The van der Waals surface area contributed by atoms with Gasteiger partial charge in [0.15, 0.2) is 6.10 Å². The van der Waals surface area contributed by atoms with Crippen LogP contribution < -0.4 is 11.1 Å². The van der Waals surface area contributed by atoms with Crippen LogP contribution in [0.1, 0.15) is 17.4 Å². The van der Waals surface area contributed by atoms with Gasteiger partial charge in [-0.15, -0.1) is 0 Å². The molecule has 16 heavy (non-hydrogen) atoms. The van der Waals surface area contributed by atoms with Gasteiger partial charge in [0.2, 0.25) is 0 Å². The lowest BCUT2D eigenvalue weighted by Crippen LogP contribution is -2.33. The number of hydrogen-bond donors (Lipinski definition) is 2. The van der Waals surface area contributed by atoms with Crippen molar-refractivity contribution >= 4 is 17.6 Å². The number of anilines is 1. The third-order valence-electron chi connectivity index (χ3n) is 1.89. The van der Waals surface area contributed by atoms with Gasteiger partial charge in [0.25, 0.3) is 5.91 Å². The maximum atomic E-state index is 11.5. The van der Waals surface area contributed by atoms with E-state index >= 15 is 0 Å². The van der Waals surface area contributed by atoms with E-state index in [1.54, 1.807) is 0 Å². The Kier molecular flexibility index (Phi) is 3.82. The number of carbonyl (C=O) groups excluding carboxylic acids is 2. The summed E-state index contributed by atoms with van der Waals surface area (Å²) in [6, 6.07) is 2.97. The Morgan fingerprint density at radius 1 is 1.50 bits per heavy atom. The number of nitrogens with two attached hydrogens (primary N) is 1. The molecular formula is C10H13N3O3. The van der Waals surface area contributed by atoms with E-state index in [0.29, 0.717) is 5.69 Å². The molecule has 0 aliphatic heterocycles. The van der Waals surface area contributed by atoms with Gasteiger partial charge in [-0.3, -0.25) is 4.79 Å². The molecule has 1 amide bonds. The van der Waals surface area contributed by atoms with Gasteiger partial charge in [-0.2, -0.15) is 0 Å². The van der Waals surface area contributed by atoms with Crippen molar-refractivity contribution in [1.29, 1.82) is 0 Å². The van der Waals surface area contributed by atoms with Crippen LogP contribution in [0.5, 0.6) is 0 Å². The molecule has 6 heteroatoms. The molecule has 3 N–H and O–H groups in total. The van der Waals surface area contributed by atoms with E-state index < -0.39 is 12.1 Å². The molecule has 1 aromatic heterocycles. The average Bonchev–Trinajstić information content (AvgIpc) is 2.28. The van der Waals surface area contributed by atoms with Crippen molar-refractivity contribution in [2.45, 2.75) is 13.0 Å². The molecule has 0 fully saturated rings. The van der Waals surface area contributed by atoms with E-state index in [4.69, 9.17) is 10.5 Å². The van der Waals surface area contributed by atoms with Gasteiger partial charge in [0.1, 0.15) is 5.69 Å². The van der Waals surface area contributed by atoms with E-state index in [0.717, 1.165) is 0 Å². The Balaban J connectivity index is 2.65. The van der Waals surface area contributed by atoms with Crippen molar-refractivity contribution in [3.05, 3.63) is 24.0 Å². The van der Waals surface area contributed by atoms with Gasteiger partial charge in [0, 0.05) is 7.05 Å². The van der Waals surface area contributed by atoms with Crippen molar-refractivity contribution in [1.82, 2.24) is 10.3 Å². The summed E-state index contributed by atoms with van der Waals surface area (Å²) < 4.78 is 4.87. The van der Waals surface area contributed by atoms with E-state index in [-0.39, 0.29) is 11.6 Å². The van der Waals surface area contributed by atoms with Gasteiger partial charge in [-0.05, 0) is 19.1 Å². The first-order valence-electron chi connectivity index (χ1n) is 4.68. The summed E-state index contributed by atoms with van der Waals surface area (Å²) in [7, 11) is 1.47. The molecule has 0 saturated heterocycles. The number of carbonyl (C=O) groups is 2. The molecule has 0 radical (unpaired) electrons. The highest BCUT2D eigenvalue weighted by Gasteiger charge is 2.18. The second-order valence-electron chi connectivity index (χ2n) is 3.14.